The molecular weight excluding hydrogens is 522 g/mol. The second kappa shape index (κ2) is 10.7. The molecule has 1 amide bonds. The summed E-state index contributed by atoms with van der Waals surface area (Å²) in [7, 11) is 3.55. The first-order chi connectivity index (χ1) is 19.5. The van der Waals surface area contributed by atoms with Gasteiger partial charge in [0, 0.05) is 29.8 Å². The minimum atomic E-state index is -0.854. The lowest BCUT2D eigenvalue weighted by Gasteiger charge is -2.47. The zero-order valence-electron chi connectivity index (χ0n) is 23.8. The molecule has 9 nitrogen and oxygen atoms in total. The fourth-order valence-electron chi connectivity index (χ4n) is 6.87. The van der Waals surface area contributed by atoms with E-state index in [4.69, 9.17) is 10.2 Å². The van der Waals surface area contributed by atoms with Crippen molar-refractivity contribution in [2.75, 3.05) is 20.6 Å². The number of phenolic OH excluding ortho intramolecular Hbond substituents is 1. The van der Waals surface area contributed by atoms with Crippen LogP contribution in [-0.4, -0.2) is 58.6 Å². The van der Waals surface area contributed by atoms with E-state index in [9.17, 15) is 24.9 Å². The Morgan fingerprint density at radius 1 is 1.29 bits per heavy atom. The van der Waals surface area contributed by atoms with Crippen LogP contribution in [0.25, 0.3) is 16.9 Å². The molecule has 2 aromatic rings. The highest BCUT2D eigenvalue weighted by Gasteiger charge is 2.53. The third kappa shape index (κ3) is 4.59. The fourth-order valence-corrected chi connectivity index (χ4v) is 6.87. The number of likely N-dealkylation sites (N-methyl/N-ethyl adjacent to an activating group) is 1. The lowest BCUT2D eigenvalue weighted by atomic mass is 9.58. The minimum absolute atomic E-state index is 0.0831. The maximum atomic E-state index is 14.2. The van der Waals surface area contributed by atoms with Crippen LogP contribution in [0.5, 0.6) is 5.75 Å². The Hall–Kier alpha value is -4.08. The van der Waals surface area contributed by atoms with Gasteiger partial charge in [-0.15, -0.1) is 0 Å². The number of allylic oxidation sites excluding steroid dienone is 2. The van der Waals surface area contributed by atoms with Crippen LogP contribution in [0.1, 0.15) is 37.0 Å². The van der Waals surface area contributed by atoms with Gasteiger partial charge in [-0.25, -0.2) is 0 Å². The standard InChI is InChI=1S/C32H37N3O6/c1-6-15(2)12-34-13-19-11-20(17-7-8-41-14-17)21-9-18-10-22-23(29(37)25(18)30(38)26(21)28(19)36)16(3)24(32(33)40)31(39)27(22)35(4)5/h6-8,11,14,18,22-23,27,34,36,38-39H,3,9-10,12-13H2,1-2,4-5H3,(H2,33,40)/b15-6-/t18?,22?,23?,27-/m0/s1. The van der Waals surface area contributed by atoms with Crippen LogP contribution in [0.15, 0.2) is 69.8 Å². The number of aromatic hydroxyl groups is 1. The van der Waals surface area contributed by atoms with Crippen LogP contribution in [0.3, 0.4) is 0 Å². The first-order valence-corrected chi connectivity index (χ1v) is 13.8. The molecule has 1 heterocycles. The van der Waals surface area contributed by atoms with E-state index in [0.29, 0.717) is 31.5 Å². The monoisotopic (exact) mass is 559 g/mol. The average molecular weight is 560 g/mol. The van der Waals surface area contributed by atoms with Crippen LogP contribution in [0.4, 0.5) is 0 Å². The number of carbonyl (C=O) groups excluding carboxylic acids is 2. The summed E-state index contributed by atoms with van der Waals surface area (Å²) in [5.74, 6) is -3.36. The van der Waals surface area contributed by atoms with Crippen LogP contribution >= 0.6 is 0 Å². The Balaban J connectivity index is 1.65. The second-order valence-electron chi connectivity index (χ2n) is 11.5. The van der Waals surface area contributed by atoms with E-state index < -0.39 is 17.9 Å². The Labute approximate surface area is 239 Å². The molecule has 3 unspecified atom stereocenters. The lowest BCUT2D eigenvalue weighted by molar-refractivity contribution is -0.123. The molecule has 0 saturated heterocycles. The van der Waals surface area contributed by atoms with Crippen molar-refractivity contribution in [1.29, 1.82) is 0 Å². The van der Waals surface area contributed by atoms with E-state index >= 15 is 0 Å². The number of aliphatic hydroxyl groups excluding tert-OH is 2. The molecule has 1 aromatic heterocycles. The normalized spacial score (nSPS) is 24.5. The fraction of sp³-hybridized carbons (Fsp3) is 0.375. The van der Waals surface area contributed by atoms with Crippen LogP contribution in [-0.2, 0) is 22.6 Å². The number of benzene rings is 1. The maximum absolute atomic E-state index is 14.2. The summed E-state index contributed by atoms with van der Waals surface area (Å²) in [6, 6.07) is 3.10. The number of phenols is 1. The molecule has 3 aliphatic carbocycles. The zero-order chi connectivity index (χ0) is 29.7. The third-order valence-electron chi connectivity index (χ3n) is 8.86. The summed E-state index contributed by atoms with van der Waals surface area (Å²) < 4.78 is 5.37. The van der Waals surface area contributed by atoms with Crippen molar-refractivity contribution in [3.8, 4) is 16.9 Å². The summed E-state index contributed by atoms with van der Waals surface area (Å²) in [4.78, 5) is 28.3. The number of furan rings is 1. The van der Waals surface area contributed by atoms with Crippen molar-refractivity contribution >= 4 is 17.4 Å². The summed E-state index contributed by atoms with van der Waals surface area (Å²) in [5.41, 5.74) is 10.1. The molecule has 9 heteroatoms. The van der Waals surface area contributed by atoms with Gasteiger partial charge in [0.1, 0.15) is 17.3 Å². The van der Waals surface area contributed by atoms with Gasteiger partial charge in [0.05, 0.1) is 35.6 Å². The number of fused-ring (bicyclic) bond motifs is 3. The van der Waals surface area contributed by atoms with Gasteiger partial charge in [-0.05, 0) is 81.5 Å². The number of ketones is 1. The maximum Gasteiger partial charge on any atom is 0.252 e. The van der Waals surface area contributed by atoms with E-state index in [1.807, 2.05) is 32.1 Å². The van der Waals surface area contributed by atoms with Crippen LogP contribution in [0, 0.1) is 17.8 Å². The number of nitrogens with zero attached hydrogens (tertiary/aromatic N) is 1. The smallest absolute Gasteiger partial charge is 0.252 e. The number of Topliss-reactive ketones (excluding diaryl/α,β-unsaturated/α-hetero) is 1. The van der Waals surface area contributed by atoms with Gasteiger partial charge in [-0.3, -0.25) is 14.5 Å². The van der Waals surface area contributed by atoms with Gasteiger partial charge in [-0.2, -0.15) is 0 Å². The molecule has 216 valence electrons. The number of nitrogens with two attached hydrogens (primary N) is 1. The molecule has 0 bridgehead atoms. The van der Waals surface area contributed by atoms with Crippen LogP contribution in [0.2, 0.25) is 0 Å². The highest BCUT2D eigenvalue weighted by atomic mass is 16.3. The molecule has 41 heavy (non-hydrogen) atoms. The summed E-state index contributed by atoms with van der Waals surface area (Å²) in [6.45, 7) is 8.94. The minimum Gasteiger partial charge on any atom is -0.510 e. The SMILES string of the molecule is C=C1C(C(N)=O)=C(O)[C@@H](N(C)C)C2CC3Cc4c(-c5ccoc5)cc(CNC/C(C)=C\C)c(O)c4C(O)=C3C(=O)C12. The van der Waals surface area contributed by atoms with Crippen molar-refractivity contribution in [3.63, 3.8) is 0 Å². The Kier molecular flexibility index (Phi) is 7.44. The number of carbonyl (C=O) groups is 2. The summed E-state index contributed by atoms with van der Waals surface area (Å²) >= 11 is 0. The predicted octanol–water partition coefficient (Wildman–Crippen LogP) is 4.15. The number of primary amides is 1. The number of rotatable bonds is 7. The van der Waals surface area contributed by atoms with Crippen molar-refractivity contribution in [2.45, 2.75) is 39.3 Å². The Bertz CT molecular complexity index is 1530. The number of amides is 1. The molecule has 1 saturated carbocycles. The Morgan fingerprint density at radius 3 is 2.63 bits per heavy atom. The molecule has 0 aliphatic heterocycles. The van der Waals surface area contributed by atoms with Crippen LogP contribution < -0.4 is 11.1 Å². The van der Waals surface area contributed by atoms with Gasteiger partial charge in [0.25, 0.3) is 5.91 Å². The molecular formula is C32H37N3O6. The molecule has 3 aliphatic rings. The number of hydrogen-bond acceptors (Lipinski definition) is 8. The quantitative estimate of drug-likeness (QED) is 0.318. The van der Waals surface area contributed by atoms with Crippen molar-refractivity contribution in [1.82, 2.24) is 10.2 Å². The van der Waals surface area contributed by atoms with Crippen molar-refractivity contribution < 1.29 is 29.3 Å². The first-order valence-electron chi connectivity index (χ1n) is 13.8. The van der Waals surface area contributed by atoms with Gasteiger partial charge in [-0.1, -0.05) is 18.2 Å². The Morgan fingerprint density at radius 2 is 2.02 bits per heavy atom. The van der Waals surface area contributed by atoms with E-state index in [1.165, 1.54) is 0 Å². The highest BCUT2D eigenvalue weighted by molar-refractivity contribution is 6.10. The molecule has 5 rings (SSSR count). The highest BCUT2D eigenvalue weighted by Crippen LogP contribution is 2.54. The van der Waals surface area contributed by atoms with Gasteiger partial charge in [0.2, 0.25) is 0 Å². The largest absolute Gasteiger partial charge is 0.510 e. The number of nitrogens with one attached hydrogen (secondary N) is 1. The molecule has 6 N–H and O–H groups in total. The lowest BCUT2D eigenvalue weighted by Crippen LogP contribution is -2.52. The van der Waals surface area contributed by atoms with E-state index in [2.05, 4.69) is 11.9 Å². The van der Waals surface area contributed by atoms with Gasteiger partial charge >= 0.3 is 0 Å². The van der Waals surface area contributed by atoms with Gasteiger partial charge in [0.15, 0.2) is 5.78 Å². The molecule has 1 aromatic carbocycles. The number of hydrogen-bond donors (Lipinski definition) is 5. The topological polar surface area (TPSA) is 149 Å². The average Bonchev–Trinajstić information content (AvgIpc) is 3.43. The van der Waals surface area contributed by atoms with Crippen molar-refractivity contribution in [3.05, 3.63) is 82.1 Å². The third-order valence-corrected chi connectivity index (χ3v) is 8.86. The van der Waals surface area contributed by atoms with Crippen molar-refractivity contribution in [2.24, 2.45) is 23.5 Å². The van der Waals surface area contributed by atoms with E-state index in [0.717, 1.165) is 22.3 Å². The number of aliphatic hydroxyl groups is 2. The predicted molar refractivity (Wildman–Crippen MR) is 156 cm³/mol. The molecule has 0 radical (unpaired) electrons. The first kappa shape index (κ1) is 28.4. The summed E-state index contributed by atoms with van der Waals surface area (Å²) in [6.07, 6.45) is 6.04. The van der Waals surface area contributed by atoms with Gasteiger partial charge < -0.3 is 30.8 Å². The molecule has 4 atom stereocenters. The zero-order valence-corrected chi connectivity index (χ0v) is 23.8. The summed E-state index contributed by atoms with van der Waals surface area (Å²) in [5, 5.41) is 37.6. The van der Waals surface area contributed by atoms with E-state index in [1.54, 1.807) is 31.5 Å². The van der Waals surface area contributed by atoms with E-state index in [-0.39, 0.29) is 57.2 Å². The molecule has 0 spiro atoms. The second-order valence-corrected chi connectivity index (χ2v) is 11.5. The molecule has 1 fully saturated rings.